The maximum atomic E-state index is 13.4. The average Bonchev–Trinajstić information content (AvgIpc) is 2.47. The molecule has 0 saturated heterocycles. The van der Waals surface area contributed by atoms with E-state index in [1.165, 1.54) is 17.7 Å². The lowest BCUT2D eigenvalue weighted by atomic mass is 9.89. The van der Waals surface area contributed by atoms with Gasteiger partial charge in [-0.2, -0.15) is 0 Å². The van der Waals surface area contributed by atoms with Gasteiger partial charge in [0, 0.05) is 24.1 Å². The van der Waals surface area contributed by atoms with Crippen molar-refractivity contribution in [2.24, 2.45) is 5.73 Å². The van der Waals surface area contributed by atoms with E-state index in [0.717, 1.165) is 18.4 Å². The summed E-state index contributed by atoms with van der Waals surface area (Å²) in [6, 6.07) is 14.9. The molecule has 21 heavy (non-hydrogen) atoms. The Bertz CT molecular complexity index is 614. The largest absolute Gasteiger partial charge is 0.490 e. The number of hydrogen-bond acceptors (Lipinski definition) is 2. The Hall–Kier alpha value is -1.87. The van der Waals surface area contributed by atoms with Crippen LogP contribution in [-0.2, 0) is 0 Å². The van der Waals surface area contributed by atoms with Gasteiger partial charge in [0.1, 0.15) is 17.7 Å². The van der Waals surface area contributed by atoms with Crippen molar-refractivity contribution >= 4 is 0 Å². The van der Waals surface area contributed by atoms with Gasteiger partial charge >= 0.3 is 0 Å². The standard InChI is InChI=1S/C18H20FNO/c1-12(13-5-3-2-4-6-13)9-15-11-17(20)16-8-7-14(19)10-18(16)21-15/h2-8,10,12,15,17H,9,11,20H2,1H3/t12?,15?,17-/m0/s1. The van der Waals surface area contributed by atoms with Gasteiger partial charge in [0.15, 0.2) is 0 Å². The highest BCUT2D eigenvalue weighted by Gasteiger charge is 2.27. The summed E-state index contributed by atoms with van der Waals surface area (Å²) in [7, 11) is 0. The fraction of sp³-hybridized carbons (Fsp3) is 0.333. The Morgan fingerprint density at radius 3 is 2.76 bits per heavy atom. The van der Waals surface area contributed by atoms with Gasteiger partial charge in [-0.05, 0) is 24.0 Å². The minimum absolute atomic E-state index is 0.0320. The molecular formula is C18H20FNO. The Labute approximate surface area is 124 Å². The first-order valence-corrected chi connectivity index (χ1v) is 7.40. The molecule has 1 aliphatic rings. The molecule has 0 aliphatic carbocycles. The van der Waals surface area contributed by atoms with Gasteiger partial charge in [0.2, 0.25) is 0 Å². The maximum absolute atomic E-state index is 13.4. The first kappa shape index (κ1) is 14.1. The molecule has 0 radical (unpaired) electrons. The lowest BCUT2D eigenvalue weighted by Gasteiger charge is -2.32. The van der Waals surface area contributed by atoms with Crippen LogP contribution >= 0.6 is 0 Å². The second kappa shape index (κ2) is 5.86. The number of halogens is 1. The Morgan fingerprint density at radius 2 is 2.00 bits per heavy atom. The number of fused-ring (bicyclic) bond motifs is 1. The first-order chi connectivity index (χ1) is 10.1. The normalized spacial score (nSPS) is 22.2. The summed E-state index contributed by atoms with van der Waals surface area (Å²) in [6.45, 7) is 2.19. The van der Waals surface area contributed by atoms with Gasteiger partial charge < -0.3 is 10.5 Å². The van der Waals surface area contributed by atoms with Crippen LogP contribution in [0, 0.1) is 5.82 Å². The van der Waals surface area contributed by atoms with E-state index >= 15 is 0 Å². The molecular weight excluding hydrogens is 265 g/mol. The van der Waals surface area contributed by atoms with E-state index in [4.69, 9.17) is 10.5 Å². The van der Waals surface area contributed by atoms with Crippen LogP contribution < -0.4 is 10.5 Å². The van der Waals surface area contributed by atoms with Crippen molar-refractivity contribution in [1.29, 1.82) is 0 Å². The molecule has 0 saturated carbocycles. The van der Waals surface area contributed by atoms with Crippen molar-refractivity contribution in [1.82, 2.24) is 0 Å². The molecule has 3 rings (SSSR count). The summed E-state index contributed by atoms with van der Waals surface area (Å²) in [5, 5.41) is 0. The third-order valence-electron chi connectivity index (χ3n) is 4.17. The van der Waals surface area contributed by atoms with Gasteiger partial charge in [-0.25, -0.2) is 4.39 Å². The molecule has 1 heterocycles. The van der Waals surface area contributed by atoms with Gasteiger partial charge in [-0.1, -0.05) is 43.3 Å². The molecule has 0 fully saturated rings. The predicted molar refractivity (Wildman–Crippen MR) is 81.8 cm³/mol. The van der Waals surface area contributed by atoms with Gasteiger partial charge in [0.05, 0.1) is 0 Å². The Kier molecular flexibility index (Phi) is 3.93. The summed E-state index contributed by atoms with van der Waals surface area (Å²) in [5.41, 5.74) is 8.39. The fourth-order valence-corrected chi connectivity index (χ4v) is 3.01. The fourth-order valence-electron chi connectivity index (χ4n) is 3.01. The Balaban J connectivity index is 1.74. The second-order valence-electron chi connectivity index (χ2n) is 5.81. The number of benzene rings is 2. The van der Waals surface area contributed by atoms with Crippen LogP contribution in [-0.4, -0.2) is 6.10 Å². The molecule has 2 aromatic carbocycles. The molecule has 0 aromatic heterocycles. The van der Waals surface area contributed by atoms with E-state index in [2.05, 4.69) is 19.1 Å². The summed E-state index contributed by atoms with van der Waals surface area (Å²) >= 11 is 0. The van der Waals surface area contributed by atoms with E-state index in [1.807, 2.05) is 18.2 Å². The zero-order valence-electron chi connectivity index (χ0n) is 12.1. The molecule has 2 unspecified atom stereocenters. The van der Waals surface area contributed by atoms with Crippen LogP contribution in [0.4, 0.5) is 4.39 Å². The van der Waals surface area contributed by atoms with Crippen molar-refractivity contribution in [3.8, 4) is 5.75 Å². The van der Waals surface area contributed by atoms with Crippen molar-refractivity contribution < 1.29 is 9.13 Å². The van der Waals surface area contributed by atoms with Crippen molar-refractivity contribution in [3.05, 3.63) is 65.5 Å². The molecule has 3 atom stereocenters. The van der Waals surface area contributed by atoms with Crippen LogP contribution in [0.15, 0.2) is 48.5 Å². The molecule has 0 amide bonds. The van der Waals surface area contributed by atoms with Crippen LogP contribution in [0.2, 0.25) is 0 Å². The molecule has 2 aromatic rings. The third kappa shape index (κ3) is 3.08. The number of ether oxygens (including phenoxy) is 1. The van der Waals surface area contributed by atoms with Crippen LogP contribution in [0.25, 0.3) is 0 Å². The molecule has 110 valence electrons. The molecule has 1 aliphatic heterocycles. The molecule has 2 nitrogen and oxygen atoms in total. The average molecular weight is 285 g/mol. The monoisotopic (exact) mass is 285 g/mol. The van der Waals surface area contributed by atoms with Gasteiger partial charge in [-0.15, -0.1) is 0 Å². The summed E-state index contributed by atoms with van der Waals surface area (Å²) in [6.07, 6.45) is 1.69. The van der Waals surface area contributed by atoms with Gasteiger partial charge in [-0.3, -0.25) is 0 Å². The highest BCUT2D eigenvalue weighted by atomic mass is 19.1. The smallest absolute Gasteiger partial charge is 0.127 e. The highest BCUT2D eigenvalue weighted by molar-refractivity contribution is 5.38. The van der Waals surface area contributed by atoms with E-state index in [9.17, 15) is 4.39 Å². The van der Waals surface area contributed by atoms with E-state index < -0.39 is 0 Å². The highest BCUT2D eigenvalue weighted by Crippen LogP contribution is 2.36. The second-order valence-corrected chi connectivity index (χ2v) is 5.81. The zero-order valence-corrected chi connectivity index (χ0v) is 12.1. The summed E-state index contributed by atoms with van der Waals surface area (Å²) in [5.74, 6) is 0.704. The third-order valence-corrected chi connectivity index (χ3v) is 4.17. The quantitative estimate of drug-likeness (QED) is 0.918. The van der Waals surface area contributed by atoms with Crippen molar-refractivity contribution in [3.63, 3.8) is 0 Å². The minimum Gasteiger partial charge on any atom is -0.490 e. The Morgan fingerprint density at radius 1 is 1.24 bits per heavy atom. The number of hydrogen-bond donors (Lipinski definition) is 1. The summed E-state index contributed by atoms with van der Waals surface area (Å²) < 4.78 is 19.3. The lowest BCUT2D eigenvalue weighted by Crippen LogP contribution is -2.30. The SMILES string of the molecule is CC(CC1C[C@H](N)c2ccc(F)cc2O1)c1ccccc1. The van der Waals surface area contributed by atoms with Crippen molar-refractivity contribution in [2.75, 3.05) is 0 Å². The number of nitrogens with two attached hydrogens (primary N) is 1. The molecule has 3 heteroatoms. The molecule has 0 bridgehead atoms. The van der Waals surface area contributed by atoms with Crippen LogP contribution in [0.1, 0.15) is 42.9 Å². The number of rotatable bonds is 3. The minimum atomic E-state index is -0.280. The lowest BCUT2D eigenvalue weighted by molar-refractivity contribution is 0.143. The van der Waals surface area contributed by atoms with E-state index in [-0.39, 0.29) is 18.0 Å². The van der Waals surface area contributed by atoms with Crippen molar-refractivity contribution in [2.45, 2.75) is 37.8 Å². The molecule has 2 N–H and O–H groups in total. The predicted octanol–water partition coefficient (Wildman–Crippen LogP) is 4.17. The van der Waals surface area contributed by atoms with E-state index in [1.54, 1.807) is 6.07 Å². The topological polar surface area (TPSA) is 35.2 Å². The summed E-state index contributed by atoms with van der Waals surface area (Å²) in [4.78, 5) is 0. The van der Waals surface area contributed by atoms with Crippen LogP contribution in [0.5, 0.6) is 5.75 Å². The maximum Gasteiger partial charge on any atom is 0.127 e. The first-order valence-electron chi connectivity index (χ1n) is 7.40. The zero-order chi connectivity index (χ0) is 14.8. The van der Waals surface area contributed by atoms with Gasteiger partial charge in [0.25, 0.3) is 0 Å². The van der Waals surface area contributed by atoms with E-state index in [0.29, 0.717) is 11.7 Å². The van der Waals surface area contributed by atoms with Crippen LogP contribution in [0.3, 0.4) is 0 Å². The molecule has 0 spiro atoms.